The first-order valence-electron chi connectivity index (χ1n) is 14.6. The number of nitrogens with zero attached hydrogens (tertiary/aromatic N) is 2. The molecule has 0 fully saturated rings. The second kappa shape index (κ2) is 15.0. The lowest BCUT2D eigenvalue weighted by atomic mass is 10.0. The highest BCUT2D eigenvalue weighted by atomic mass is 35.5. The number of hydrogen-bond acceptors (Lipinski definition) is 4. The van der Waals surface area contributed by atoms with Crippen LogP contribution in [0.3, 0.4) is 0 Å². The molecular weight excluding hydrogens is 594 g/mol. The van der Waals surface area contributed by atoms with Crippen LogP contribution in [0.1, 0.15) is 37.0 Å². The molecule has 230 valence electrons. The van der Waals surface area contributed by atoms with Crippen molar-refractivity contribution in [1.82, 2.24) is 10.2 Å². The van der Waals surface area contributed by atoms with E-state index in [1.807, 2.05) is 57.2 Å². The van der Waals surface area contributed by atoms with Gasteiger partial charge in [-0.25, -0.2) is 8.42 Å². The van der Waals surface area contributed by atoms with Gasteiger partial charge in [-0.15, -0.1) is 0 Å². The van der Waals surface area contributed by atoms with Crippen LogP contribution in [-0.2, 0) is 32.6 Å². The van der Waals surface area contributed by atoms with Gasteiger partial charge in [0.15, 0.2) is 0 Å². The van der Waals surface area contributed by atoms with Crippen molar-refractivity contribution in [2.75, 3.05) is 10.8 Å². The minimum Gasteiger partial charge on any atom is -0.352 e. The quantitative estimate of drug-likeness (QED) is 0.185. The molecule has 7 nitrogen and oxygen atoms in total. The Labute approximate surface area is 265 Å². The average molecular weight is 632 g/mol. The third-order valence-electron chi connectivity index (χ3n) is 7.44. The van der Waals surface area contributed by atoms with Gasteiger partial charge in [-0.2, -0.15) is 0 Å². The molecule has 4 rings (SSSR count). The maximum Gasteiger partial charge on any atom is 0.264 e. The van der Waals surface area contributed by atoms with E-state index in [0.29, 0.717) is 17.1 Å². The number of sulfonamides is 1. The lowest BCUT2D eigenvalue weighted by molar-refractivity contribution is -0.140. The van der Waals surface area contributed by atoms with Crippen LogP contribution in [0.15, 0.2) is 114 Å². The predicted molar refractivity (Wildman–Crippen MR) is 176 cm³/mol. The summed E-state index contributed by atoms with van der Waals surface area (Å²) in [5, 5.41) is 3.59. The Hall–Kier alpha value is -4.14. The third kappa shape index (κ3) is 8.49. The summed E-state index contributed by atoms with van der Waals surface area (Å²) in [4.78, 5) is 29.9. The molecule has 0 bridgehead atoms. The molecule has 0 spiro atoms. The summed E-state index contributed by atoms with van der Waals surface area (Å²) in [6, 6.07) is 30.6. The van der Waals surface area contributed by atoms with Gasteiger partial charge in [-0.1, -0.05) is 91.3 Å². The van der Waals surface area contributed by atoms with Gasteiger partial charge in [-0.3, -0.25) is 13.9 Å². The SMILES string of the molecule is CCC(C)NC(=O)C(Cc1ccccc1)N(Cc1ccc(Cl)cc1)C(=O)CN(c1cccc(C)c1)S(=O)(=O)c1ccccc1. The van der Waals surface area contributed by atoms with E-state index in [-0.39, 0.29) is 29.8 Å². The van der Waals surface area contributed by atoms with Gasteiger partial charge in [0.25, 0.3) is 10.0 Å². The van der Waals surface area contributed by atoms with E-state index in [1.165, 1.54) is 17.0 Å². The van der Waals surface area contributed by atoms with Gasteiger partial charge in [0, 0.05) is 24.0 Å². The molecule has 0 radical (unpaired) electrons. The zero-order valence-electron chi connectivity index (χ0n) is 25.2. The molecule has 0 aliphatic carbocycles. The molecule has 2 unspecified atom stereocenters. The van der Waals surface area contributed by atoms with Crippen molar-refractivity contribution in [3.05, 3.63) is 131 Å². The third-order valence-corrected chi connectivity index (χ3v) is 9.48. The first-order chi connectivity index (χ1) is 21.1. The molecule has 9 heteroatoms. The lowest BCUT2D eigenvalue weighted by Crippen LogP contribution is -2.54. The molecule has 0 heterocycles. The van der Waals surface area contributed by atoms with Crippen molar-refractivity contribution in [3.63, 3.8) is 0 Å². The molecule has 0 aliphatic rings. The molecule has 1 N–H and O–H groups in total. The van der Waals surface area contributed by atoms with Gasteiger partial charge < -0.3 is 10.2 Å². The lowest BCUT2D eigenvalue weighted by Gasteiger charge is -2.34. The fourth-order valence-corrected chi connectivity index (χ4v) is 6.37. The Morgan fingerprint density at radius 3 is 2.09 bits per heavy atom. The zero-order chi connectivity index (χ0) is 31.7. The van der Waals surface area contributed by atoms with Crippen LogP contribution in [0.5, 0.6) is 0 Å². The summed E-state index contributed by atoms with van der Waals surface area (Å²) in [5.41, 5.74) is 2.83. The molecule has 0 saturated carbocycles. The predicted octanol–water partition coefficient (Wildman–Crippen LogP) is 6.40. The largest absolute Gasteiger partial charge is 0.352 e. The molecule has 4 aromatic rings. The highest BCUT2D eigenvalue weighted by molar-refractivity contribution is 7.92. The molecule has 2 atom stereocenters. The van der Waals surface area contributed by atoms with Crippen LogP contribution in [0.4, 0.5) is 5.69 Å². The van der Waals surface area contributed by atoms with E-state index in [2.05, 4.69) is 5.32 Å². The van der Waals surface area contributed by atoms with Crippen LogP contribution >= 0.6 is 11.6 Å². The van der Waals surface area contributed by atoms with Crippen LogP contribution in [0, 0.1) is 6.92 Å². The summed E-state index contributed by atoms with van der Waals surface area (Å²) in [6.45, 7) is 5.32. The van der Waals surface area contributed by atoms with Crippen LogP contribution in [0.25, 0.3) is 0 Å². The summed E-state index contributed by atoms with van der Waals surface area (Å²) in [6.07, 6.45) is 0.962. The van der Waals surface area contributed by atoms with Gasteiger partial charge in [0.05, 0.1) is 10.6 Å². The average Bonchev–Trinajstić information content (AvgIpc) is 3.03. The van der Waals surface area contributed by atoms with Crippen LogP contribution in [-0.4, -0.2) is 43.8 Å². The Morgan fingerprint density at radius 1 is 0.841 bits per heavy atom. The molecule has 0 aromatic heterocycles. The van der Waals surface area contributed by atoms with Gasteiger partial charge in [0.1, 0.15) is 12.6 Å². The first-order valence-corrected chi connectivity index (χ1v) is 16.4. The number of anilines is 1. The fourth-order valence-electron chi connectivity index (χ4n) is 4.81. The number of amides is 2. The number of carbonyl (C=O) groups excluding carboxylic acids is 2. The van der Waals surface area contributed by atoms with E-state index in [0.717, 1.165) is 21.0 Å². The van der Waals surface area contributed by atoms with E-state index < -0.39 is 28.5 Å². The van der Waals surface area contributed by atoms with Crippen molar-refractivity contribution in [2.24, 2.45) is 0 Å². The standard InChI is InChI=1S/C35H38ClN3O4S/c1-4-27(3)37-35(41)33(23-28-13-7-5-8-14-28)38(24-29-18-20-30(36)21-19-29)34(40)25-39(31-15-11-12-26(2)22-31)44(42,43)32-16-9-6-10-17-32/h5-22,27,33H,4,23-25H2,1-3H3,(H,37,41). The molecule has 0 saturated heterocycles. The smallest absolute Gasteiger partial charge is 0.264 e. The summed E-state index contributed by atoms with van der Waals surface area (Å²) in [7, 11) is -4.14. The highest BCUT2D eigenvalue weighted by Gasteiger charge is 2.35. The Bertz CT molecular complexity index is 1650. The van der Waals surface area contributed by atoms with Crippen molar-refractivity contribution >= 4 is 39.1 Å². The normalized spacial score (nSPS) is 12.6. The number of nitrogens with one attached hydrogen (secondary N) is 1. The number of halogens is 1. The monoisotopic (exact) mass is 631 g/mol. The second-order valence-electron chi connectivity index (χ2n) is 10.8. The van der Waals surface area contributed by atoms with Crippen molar-refractivity contribution < 1.29 is 18.0 Å². The first kappa shape index (κ1) is 32.8. The van der Waals surface area contributed by atoms with E-state index >= 15 is 0 Å². The second-order valence-corrected chi connectivity index (χ2v) is 13.1. The maximum absolute atomic E-state index is 14.5. The number of aryl methyl sites for hydroxylation is 1. The topological polar surface area (TPSA) is 86.8 Å². The highest BCUT2D eigenvalue weighted by Crippen LogP contribution is 2.26. The Morgan fingerprint density at radius 2 is 1.48 bits per heavy atom. The van der Waals surface area contributed by atoms with Crippen LogP contribution < -0.4 is 9.62 Å². The molecule has 2 amide bonds. The minimum atomic E-state index is -4.14. The van der Waals surface area contributed by atoms with Gasteiger partial charge in [-0.05, 0) is 73.4 Å². The zero-order valence-corrected chi connectivity index (χ0v) is 26.8. The minimum absolute atomic E-state index is 0.0638. The van der Waals surface area contributed by atoms with Crippen molar-refractivity contribution in [3.8, 4) is 0 Å². The fraction of sp³-hybridized carbons (Fsp3) is 0.257. The number of rotatable bonds is 13. The molecule has 4 aromatic carbocycles. The van der Waals surface area contributed by atoms with Crippen molar-refractivity contribution in [2.45, 2.75) is 57.1 Å². The van der Waals surface area contributed by atoms with Crippen LogP contribution in [0.2, 0.25) is 5.02 Å². The summed E-state index contributed by atoms with van der Waals surface area (Å²) in [5.74, 6) is -0.820. The summed E-state index contributed by atoms with van der Waals surface area (Å²) < 4.78 is 29.2. The molecular formula is C35H38ClN3O4S. The number of benzene rings is 4. The van der Waals surface area contributed by atoms with Gasteiger partial charge in [0.2, 0.25) is 11.8 Å². The molecule has 0 aliphatic heterocycles. The van der Waals surface area contributed by atoms with E-state index in [4.69, 9.17) is 11.6 Å². The Balaban J connectivity index is 1.80. The van der Waals surface area contributed by atoms with Gasteiger partial charge >= 0.3 is 0 Å². The maximum atomic E-state index is 14.5. The van der Waals surface area contributed by atoms with E-state index in [1.54, 1.807) is 60.7 Å². The Kier molecular flexibility index (Phi) is 11.2. The van der Waals surface area contributed by atoms with E-state index in [9.17, 15) is 18.0 Å². The number of hydrogen-bond donors (Lipinski definition) is 1. The van der Waals surface area contributed by atoms with Crippen molar-refractivity contribution in [1.29, 1.82) is 0 Å². The number of carbonyl (C=O) groups is 2. The summed E-state index contributed by atoms with van der Waals surface area (Å²) >= 11 is 6.14. The molecule has 44 heavy (non-hydrogen) atoms.